The summed E-state index contributed by atoms with van der Waals surface area (Å²) in [5, 5.41) is 14.2. The quantitative estimate of drug-likeness (QED) is 0.792. The normalized spacial score (nSPS) is 18.4. The Kier molecular flexibility index (Phi) is 4.63. The SMILES string of the molecule is CCC(CC)n1ccc(CC2(C#N)CCCCC2)n1. The molecule has 0 bridgehead atoms. The molecular formula is C16H25N3. The van der Waals surface area contributed by atoms with Gasteiger partial charge in [0, 0.05) is 12.6 Å². The van der Waals surface area contributed by atoms with Gasteiger partial charge >= 0.3 is 0 Å². The van der Waals surface area contributed by atoms with Gasteiger partial charge in [-0.2, -0.15) is 10.4 Å². The zero-order chi connectivity index (χ0) is 13.7. The minimum atomic E-state index is -0.147. The average molecular weight is 259 g/mol. The summed E-state index contributed by atoms with van der Waals surface area (Å²) in [6, 6.07) is 5.18. The van der Waals surface area contributed by atoms with Gasteiger partial charge in [0.2, 0.25) is 0 Å². The van der Waals surface area contributed by atoms with Crippen LogP contribution in [0.5, 0.6) is 0 Å². The second-order valence-corrected chi connectivity index (χ2v) is 5.89. The van der Waals surface area contributed by atoms with Gasteiger partial charge in [-0.3, -0.25) is 4.68 Å². The van der Waals surface area contributed by atoms with Gasteiger partial charge in [0.1, 0.15) is 0 Å². The zero-order valence-electron chi connectivity index (χ0n) is 12.2. The Labute approximate surface area is 116 Å². The van der Waals surface area contributed by atoms with E-state index in [9.17, 15) is 5.26 Å². The van der Waals surface area contributed by atoms with Crippen molar-refractivity contribution in [1.82, 2.24) is 9.78 Å². The maximum atomic E-state index is 9.53. The molecule has 1 aromatic heterocycles. The number of hydrogen-bond donors (Lipinski definition) is 0. The molecule has 1 aliphatic rings. The number of nitriles is 1. The number of rotatable bonds is 5. The molecule has 1 saturated carbocycles. The molecule has 2 rings (SSSR count). The van der Waals surface area contributed by atoms with E-state index in [-0.39, 0.29) is 5.41 Å². The fourth-order valence-electron chi connectivity index (χ4n) is 3.24. The standard InChI is InChI=1S/C16H25N3/c1-3-15(4-2)19-11-8-14(18-19)12-16(13-17)9-6-5-7-10-16/h8,11,15H,3-7,9-10,12H2,1-2H3. The molecule has 0 spiro atoms. The lowest BCUT2D eigenvalue weighted by Gasteiger charge is -2.29. The first-order valence-electron chi connectivity index (χ1n) is 7.68. The van der Waals surface area contributed by atoms with Crippen molar-refractivity contribution in [3.05, 3.63) is 18.0 Å². The molecule has 0 amide bonds. The van der Waals surface area contributed by atoms with E-state index in [0.29, 0.717) is 6.04 Å². The van der Waals surface area contributed by atoms with Gasteiger partial charge in [0.05, 0.1) is 23.2 Å². The van der Waals surface area contributed by atoms with E-state index in [4.69, 9.17) is 5.10 Å². The van der Waals surface area contributed by atoms with Crippen molar-refractivity contribution < 1.29 is 0 Å². The third-order valence-electron chi connectivity index (χ3n) is 4.55. The van der Waals surface area contributed by atoms with Crippen LogP contribution in [0.15, 0.2) is 12.3 Å². The largest absolute Gasteiger partial charge is 0.269 e. The number of hydrogen-bond acceptors (Lipinski definition) is 2. The molecular weight excluding hydrogens is 234 g/mol. The minimum absolute atomic E-state index is 0.147. The lowest BCUT2D eigenvalue weighted by Crippen LogP contribution is -2.25. The molecule has 3 heteroatoms. The number of aromatic nitrogens is 2. The molecule has 0 aromatic carbocycles. The van der Waals surface area contributed by atoms with E-state index >= 15 is 0 Å². The lowest BCUT2D eigenvalue weighted by molar-refractivity contribution is 0.262. The van der Waals surface area contributed by atoms with Crippen LogP contribution >= 0.6 is 0 Å². The summed E-state index contributed by atoms with van der Waals surface area (Å²) in [6.45, 7) is 4.40. The Hall–Kier alpha value is -1.30. The highest BCUT2D eigenvalue weighted by Crippen LogP contribution is 2.38. The Morgan fingerprint density at radius 1 is 1.32 bits per heavy atom. The molecule has 104 valence electrons. The van der Waals surface area contributed by atoms with Crippen molar-refractivity contribution in [2.24, 2.45) is 5.41 Å². The summed E-state index contributed by atoms with van der Waals surface area (Å²) in [4.78, 5) is 0. The van der Waals surface area contributed by atoms with Crippen LogP contribution in [0.3, 0.4) is 0 Å². The zero-order valence-corrected chi connectivity index (χ0v) is 12.2. The van der Waals surface area contributed by atoms with E-state index < -0.39 is 0 Å². The molecule has 1 aromatic rings. The Morgan fingerprint density at radius 2 is 2.00 bits per heavy atom. The van der Waals surface area contributed by atoms with Crippen LogP contribution in [0.4, 0.5) is 0 Å². The molecule has 3 nitrogen and oxygen atoms in total. The fraction of sp³-hybridized carbons (Fsp3) is 0.750. The highest BCUT2D eigenvalue weighted by molar-refractivity contribution is 5.11. The summed E-state index contributed by atoms with van der Waals surface area (Å²) >= 11 is 0. The molecule has 0 radical (unpaired) electrons. The van der Waals surface area contributed by atoms with Gasteiger partial charge < -0.3 is 0 Å². The molecule has 0 unspecified atom stereocenters. The first-order valence-corrected chi connectivity index (χ1v) is 7.68. The molecule has 0 aliphatic heterocycles. The monoisotopic (exact) mass is 259 g/mol. The van der Waals surface area contributed by atoms with Crippen molar-refractivity contribution >= 4 is 0 Å². The van der Waals surface area contributed by atoms with E-state index in [1.807, 2.05) is 0 Å². The summed E-state index contributed by atoms with van der Waals surface area (Å²) in [5.41, 5.74) is 0.945. The van der Waals surface area contributed by atoms with Crippen molar-refractivity contribution in [2.45, 2.75) is 71.3 Å². The van der Waals surface area contributed by atoms with Gasteiger partial charge in [-0.15, -0.1) is 0 Å². The van der Waals surface area contributed by atoms with Crippen molar-refractivity contribution in [3.8, 4) is 6.07 Å². The maximum absolute atomic E-state index is 9.53. The third-order valence-corrected chi connectivity index (χ3v) is 4.55. The summed E-state index contributed by atoms with van der Waals surface area (Å²) in [5.74, 6) is 0. The predicted octanol–water partition coefficient (Wildman–Crippen LogP) is 4.26. The Morgan fingerprint density at radius 3 is 2.58 bits per heavy atom. The molecule has 1 fully saturated rings. The van der Waals surface area contributed by atoms with Gasteiger partial charge in [-0.1, -0.05) is 33.1 Å². The molecule has 0 N–H and O–H groups in total. The fourth-order valence-corrected chi connectivity index (χ4v) is 3.24. The average Bonchev–Trinajstić information content (AvgIpc) is 2.89. The van der Waals surface area contributed by atoms with Crippen molar-refractivity contribution in [2.75, 3.05) is 0 Å². The summed E-state index contributed by atoms with van der Waals surface area (Å²) < 4.78 is 2.09. The van der Waals surface area contributed by atoms with Gasteiger partial charge in [0.15, 0.2) is 0 Å². The number of nitrogens with zero attached hydrogens (tertiary/aromatic N) is 3. The van der Waals surface area contributed by atoms with E-state index in [2.05, 4.69) is 36.9 Å². The van der Waals surface area contributed by atoms with Crippen molar-refractivity contribution in [1.29, 1.82) is 5.26 Å². The van der Waals surface area contributed by atoms with Crippen molar-refractivity contribution in [3.63, 3.8) is 0 Å². The smallest absolute Gasteiger partial charge is 0.0693 e. The molecule has 1 aliphatic carbocycles. The molecule has 1 heterocycles. The highest BCUT2D eigenvalue weighted by atomic mass is 15.3. The molecule has 0 atom stereocenters. The van der Waals surface area contributed by atoms with Crippen LogP contribution in [0.25, 0.3) is 0 Å². The summed E-state index contributed by atoms with van der Waals surface area (Å²) in [7, 11) is 0. The van der Waals surface area contributed by atoms with Gasteiger partial charge in [0.25, 0.3) is 0 Å². The van der Waals surface area contributed by atoms with Crippen LogP contribution in [0.1, 0.15) is 70.5 Å². The predicted molar refractivity (Wildman–Crippen MR) is 76.7 cm³/mol. The van der Waals surface area contributed by atoms with Gasteiger partial charge in [-0.05, 0) is 31.7 Å². The van der Waals surface area contributed by atoms with Crippen LogP contribution in [0.2, 0.25) is 0 Å². The first kappa shape index (κ1) is 14.1. The van der Waals surface area contributed by atoms with E-state index in [0.717, 1.165) is 37.8 Å². The van der Waals surface area contributed by atoms with Crippen LogP contribution in [0, 0.1) is 16.7 Å². The topological polar surface area (TPSA) is 41.6 Å². The Balaban J connectivity index is 2.08. The van der Waals surface area contributed by atoms with Crippen LogP contribution in [-0.4, -0.2) is 9.78 Å². The van der Waals surface area contributed by atoms with Crippen LogP contribution in [-0.2, 0) is 6.42 Å². The first-order chi connectivity index (χ1) is 9.23. The van der Waals surface area contributed by atoms with E-state index in [1.54, 1.807) is 0 Å². The second-order valence-electron chi connectivity index (χ2n) is 5.89. The van der Waals surface area contributed by atoms with Gasteiger partial charge in [-0.25, -0.2) is 0 Å². The lowest BCUT2D eigenvalue weighted by atomic mass is 9.72. The van der Waals surface area contributed by atoms with E-state index in [1.165, 1.54) is 19.3 Å². The molecule has 0 saturated heterocycles. The maximum Gasteiger partial charge on any atom is 0.0693 e. The van der Waals surface area contributed by atoms with Crippen LogP contribution < -0.4 is 0 Å². The Bertz CT molecular complexity index is 431. The second kappa shape index (κ2) is 6.23. The minimum Gasteiger partial charge on any atom is -0.269 e. The molecule has 19 heavy (non-hydrogen) atoms. The summed E-state index contributed by atoms with van der Waals surface area (Å²) in [6.07, 6.45) is 10.9. The highest BCUT2D eigenvalue weighted by Gasteiger charge is 2.33. The third kappa shape index (κ3) is 3.18.